The van der Waals surface area contributed by atoms with Crippen LogP contribution < -0.4 is 4.40 Å². The first-order valence-electron chi connectivity index (χ1n) is 7.85. The SMILES string of the molecule is O=C(c1c[nH]c2c(-c3cnco3)cc(C(F)(F)F)c[n+]12)N1CCOCC1. The van der Waals surface area contributed by atoms with Crippen molar-refractivity contribution < 1.29 is 31.5 Å². The first-order chi connectivity index (χ1) is 12.4. The Labute approximate surface area is 145 Å². The predicted octanol–water partition coefficient (Wildman–Crippen LogP) is 1.90. The molecule has 0 radical (unpaired) electrons. The van der Waals surface area contributed by atoms with Crippen LogP contribution in [0.1, 0.15) is 16.1 Å². The Hall–Kier alpha value is -2.88. The van der Waals surface area contributed by atoms with Gasteiger partial charge in [-0.25, -0.2) is 9.97 Å². The molecule has 0 saturated carbocycles. The third kappa shape index (κ3) is 2.81. The molecule has 0 unspecified atom stereocenters. The van der Waals surface area contributed by atoms with Gasteiger partial charge in [-0.05, 0) is 6.07 Å². The zero-order valence-corrected chi connectivity index (χ0v) is 13.4. The number of ether oxygens (including phenoxy) is 1. The van der Waals surface area contributed by atoms with Crippen molar-refractivity contribution in [2.45, 2.75) is 6.18 Å². The van der Waals surface area contributed by atoms with Gasteiger partial charge in [0.25, 0.3) is 11.6 Å². The summed E-state index contributed by atoms with van der Waals surface area (Å²) in [5, 5.41) is 0. The molecule has 0 spiro atoms. The third-order valence-corrected chi connectivity index (χ3v) is 4.21. The molecule has 0 atom stereocenters. The Balaban J connectivity index is 1.88. The van der Waals surface area contributed by atoms with Crippen molar-refractivity contribution in [3.05, 3.63) is 42.3 Å². The van der Waals surface area contributed by atoms with Crippen LogP contribution in [0.3, 0.4) is 0 Å². The second-order valence-corrected chi connectivity index (χ2v) is 5.80. The van der Waals surface area contributed by atoms with Crippen molar-refractivity contribution in [3.8, 4) is 11.3 Å². The van der Waals surface area contributed by atoms with Gasteiger partial charge in [-0.1, -0.05) is 0 Å². The predicted molar refractivity (Wildman–Crippen MR) is 81.2 cm³/mol. The molecule has 1 N–H and O–H groups in total. The molecule has 0 bridgehead atoms. The second kappa shape index (κ2) is 6.13. The number of aromatic amines is 1. The number of nitrogens with one attached hydrogen (secondary N) is 1. The highest BCUT2D eigenvalue weighted by atomic mass is 19.4. The van der Waals surface area contributed by atoms with Crippen LogP contribution in [0.5, 0.6) is 0 Å². The fraction of sp³-hybridized carbons (Fsp3) is 0.312. The summed E-state index contributed by atoms with van der Waals surface area (Å²) in [6.45, 7) is 1.58. The van der Waals surface area contributed by atoms with Gasteiger partial charge < -0.3 is 14.1 Å². The molecule has 0 aromatic carbocycles. The number of rotatable bonds is 2. The molecular formula is C16H14F3N4O3+. The van der Waals surface area contributed by atoms with Crippen LogP contribution in [0.25, 0.3) is 17.0 Å². The van der Waals surface area contributed by atoms with Crippen molar-refractivity contribution in [1.29, 1.82) is 0 Å². The number of carbonyl (C=O) groups is 1. The van der Waals surface area contributed by atoms with E-state index >= 15 is 0 Å². The molecule has 1 amide bonds. The normalized spacial score (nSPS) is 15.6. The number of pyridine rings is 1. The Morgan fingerprint density at radius 1 is 1.31 bits per heavy atom. The largest absolute Gasteiger partial charge is 0.443 e. The number of H-pyrrole nitrogens is 1. The molecule has 7 nitrogen and oxygen atoms in total. The lowest BCUT2D eigenvalue weighted by molar-refractivity contribution is -0.514. The van der Waals surface area contributed by atoms with E-state index in [-0.39, 0.29) is 22.9 Å². The molecule has 26 heavy (non-hydrogen) atoms. The van der Waals surface area contributed by atoms with E-state index in [4.69, 9.17) is 9.15 Å². The topological polar surface area (TPSA) is 75.5 Å². The summed E-state index contributed by atoms with van der Waals surface area (Å²) >= 11 is 0. The highest BCUT2D eigenvalue weighted by Crippen LogP contribution is 2.32. The van der Waals surface area contributed by atoms with Gasteiger partial charge in [-0.3, -0.25) is 4.79 Å². The third-order valence-electron chi connectivity index (χ3n) is 4.21. The number of oxazole rings is 1. The van der Waals surface area contributed by atoms with Crippen LogP contribution in [0, 0.1) is 0 Å². The summed E-state index contributed by atoms with van der Waals surface area (Å²) in [5.74, 6) is -0.201. The lowest BCUT2D eigenvalue weighted by atomic mass is 10.1. The maximum Gasteiger partial charge on any atom is 0.419 e. The van der Waals surface area contributed by atoms with Crippen molar-refractivity contribution in [3.63, 3.8) is 0 Å². The number of amides is 1. The van der Waals surface area contributed by atoms with Gasteiger partial charge in [-0.15, -0.1) is 0 Å². The fourth-order valence-corrected chi connectivity index (χ4v) is 2.92. The average molecular weight is 367 g/mol. The maximum absolute atomic E-state index is 13.3. The zero-order chi connectivity index (χ0) is 18.3. The van der Waals surface area contributed by atoms with Crippen LogP contribution in [-0.2, 0) is 10.9 Å². The fourth-order valence-electron chi connectivity index (χ4n) is 2.92. The first kappa shape index (κ1) is 16.6. The molecule has 1 aliphatic rings. The van der Waals surface area contributed by atoms with E-state index in [0.29, 0.717) is 32.0 Å². The van der Waals surface area contributed by atoms with E-state index in [1.165, 1.54) is 16.8 Å². The van der Waals surface area contributed by atoms with Crippen molar-refractivity contribution in [1.82, 2.24) is 14.9 Å². The summed E-state index contributed by atoms with van der Waals surface area (Å²) < 4.78 is 51.6. The van der Waals surface area contributed by atoms with Crippen LogP contribution in [0.4, 0.5) is 13.2 Å². The lowest BCUT2D eigenvalue weighted by Gasteiger charge is -2.25. The average Bonchev–Trinajstić information content (AvgIpc) is 3.30. The number of hydrogen-bond acceptors (Lipinski definition) is 4. The van der Waals surface area contributed by atoms with Crippen molar-refractivity contribution >= 4 is 11.6 Å². The number of halogens is 3. The maximum atomic E-state index is 13.3. The summed E-state index contributed by atoms with van der Waals surface area (Å²) in [6.07, 6.45) is 0.174. The van der Waals surface area contributed by atoms with Gasteiger partial charge in [0.15, 0.2) is 12.2 Å². The number of fused-ring (bicyclic) bond motifs is 1. The number of nitrogens with zero attached hydrogens (tertiary/aromatic N) is 3. The van der Waals surface area contributed by atoms with Crippen LogP contribution in [0.2, 0.25) is 0 Å². The molecule has 0 aliphatic carbocycles. The smallest absolute Gasteiger partial charge is 0.419 e. The number of imidazole rings is 1. The molecular weight excluding hydrogens is 353 g/mol. The minimum absolute atomic E-state index is 0.105. The van der Waals surface area contributed by atoms with Crippen LogP contribution >= 0.6 is 0 Å². The summed E-state index contributed by atoms with van der Waals surface area (Å²) in [4.78, 5) is 20.9. The Kier molecular flexibility index (Phi) is 3.91. The van der Waals surface area contributed by atoms with E-state index in [1.54, 1.807) is 4.90 Å². The number of morpholine rings is 1. The minimum atomic E-state index is -4.58. The molecule has 10 heteroatoms. The molecule has 136 valence electrons. The van der Waals surface area contributed by atoms with Crippen LogP contribution in [0.15, 0.2) is 35.5 Å². The summed E-state index contributed by atoms with van der Waals surface area (Å²) in [5.41, 5.74) is -0.310. The summed E-state index contributed by atoms with van der Waals surface area (Å²) in [7, 11) is 0. The molecule has 4 heterocycles. The monoisotopic (exact) mass is 367 g/mol. The van der Waals surface area contributed by atoms with Gasteiger partial charge in [0.2, 0.25) is 5.69 Å². The second-order valence-electron chi connectivity index (χ2n) is 5.80. The highest BCUT2D eigenvalue weighted by Gasteiger charge is 2.36. The molecule has 1 fully saturated rings. The van der Waals surface area contributed by atoms with Gasteiger partial charge in [0, 0.05) is 13.1 Å². The lowest BCUT2D eigenvalue weighted by Crippen LogP contribution is -2.44. The molecule has 4 rings (SSSR count). The van der Waals surface area contributed by atoms with Crippen molar-refractivity contribution in [2.75, 3.05) is 26.3 Å². The Morgan fingerprint density at radius 3 is 2.73 bits per heavy atom. The van der Waals surface area contributed by atoms with Crippen molar-refractivity contribution in [2.24, 2.45) is 0 Å². The van der Waals surface area contributed by atoms with Gasteiger partial charge in [0.05, 0.1) is 25.0 Å². The minimum Gasteiger partial charge on any atom is -0.443 e. The van der Waals surface area contributed by atoms with Gasteiger partial charge in [0.1, 0.15) is 18.0 Å². The van der Waals surface area contributed by atoms with E-state index in [2.05, 4.69) is 9.97 Å². The number of alkyl halides is 3. The van der Waals surface area contributed by atoms with E-state index in [0.717, 1.165) is 18.7 Å². The first-order valence-corrected chi connectivity index (χ1v) is 7.85. The number of hydrogen-bond donors (Lipinski definition) is 1. The standard InChI is InChI=1S/C16H13F3N4O3/c17-16(18,19)10-5-11(13-7-20-9-26-13)14-21-6-12(23(14)8-10)15(24)22-1-3-25-4-2-22/h5-9H,1-4H2/p+1. The van der Waals surface area contributed by atoms with Gasteiger partial charge >= 0.3 is 6.18 Å². The highest BCUT2D eigenvalue weighted by molar-refractivity contribution is 5.91. The number of aromatic nitrogens is 3. The van der Waals surface area contributed by atoms with Crippen LogP contribution in [-0.4, -0.2) is 47.1 Å². The van der Waals surface area contributed by atoms with Gasteiger partial charge in [-0.2, -0.15) is 17.6 Å². The molecule has 1 saturated heterocycles. The number of carbonyl (C=O) groups excluding carboxylic acids is 1. The van der Waals surface area contributed by atoms with E-state index < -0.39 is 11.7 Å². The molecule has 1 aliphatic heterocycles. The Morgan fingerprint density at radius 2 is 2.08 bits per heavy atom. The summed E-state index contributed by atoms with van der Waals surface area (Å²) in [6, 6.07) is 0.968. The molecule has 3 aromatic rings. The zero-order valence-electron chi connectivity index (χ0n) is 13.4. The Bertz CT molecular complexity index is 944. The quantitative estimate of drug-likeness (QED) is 0.702. The van der Waals surface area contributed by atoms with E-state index in [9.17, 15) is 18.0 Å². The van der Waals surface area contributed by atoms with E-state index in [1.807, 2.05) is 0 Å². The molecule has 3 aromatic heterocycles.